The molecule has 0 heterocycles. The summed E-state index contributed by atoms with van der Waals surface area (Å²) in [7, 11) is 0. The molecule has 1 unspecified atom stereocenters. The maximum atomic E-state index is 11.9. The summed E-state index contributed by atoms with van der Waals surface area (Å²) >= 11 is 0. The maximum absolute atomic E-state index is 11.9. The Bertz CT molecular complexity index is 857. The Morgan fingerprint density at radius 3 is 2.06 bits per heavy atom. The van der Waals surface area contributed by atoms with Crippen LogP contribution in [0, 0.1) is 5.92 Å². The van der Waals surface area contributed by atoms with Crippen molar-refractivity contribution in [1.82, 2.24) is 0 Å². The van der Waals surface area contributed by atoms with Gasteiger partial charge in [0.1, 0.15) is 11.5 Å². The Morgan fingerprint density at radius 1 is 0.879 bits per heavy atom. The summed E-state index contributed by atoms with van der Waals surface area (Å²) in [5.74, 6) is -0.746. The van der Waals surface area contributed by atoms with Crippen molar-refractivity contribution < 1.29 is 19.4 Å². The molecule has 180 valence electrons. The van der Waals surface area contributed by atoms with Gasteiger partial charge in [-0.25, -0.2) is 4.79 Å². The van der Waals surface area contributed by atoms with Crippen LogP contribution >= 0.6 is 0 Å². The number of carbonyl (C=O) groups is 1. The number of benzene rings is 2. The van der Waals surface area contributed by atoms with Gasteiger partial charge in [-0.05, 0) is 61.3 Å². The molecule has 0 radical (unpaired) electrons. The summed E-state index contributed by atoms with van der Waals surface area (Å²) in [4.78, 5) is 11.9. The molecular formula is C28H39NO4. The predicted molar refractivity (Wildman–Crippen MR) is 132 cm³/mol. The van der Waals surface area contributed by atoms with Crippen molar-refractivity contribution >= 4 is 5.97 Å². The number of aliphatic carboxylic acids is 1. The monoisotopic (exact) mass is 453 g/mol. The Balaban J connectivity index is 0.000000374. The number of hydrogen-bond donors (Lipinski definition) is 2. The number of carboxylic acids is 1. The molecule has 0 bridgehead atoms. The molecule has 1 atom stereocenters. The van der Waals surface area contributed by atoms with Crippen LogP contribution in [0.4, 0.5) is 0 Å². The van der Waals surface area contributed by atoms with E-state index in [1.54, 1.807) is 24.3 Å². The molecule has 2 aromatic rings. The fraction of sp³-hybridized carbons (Fsp3) is 0.536. The SMILES string of the molecule is CC1CCC(c2ccccc2OC(C)(Oc2ccccc2)C(=O)O)CC1.NC1CCCCC1. The third-order valence-corrected chi connectivity index (χ3v) is 6.77. The van der Waals surface area contributed by atoms with Gasteiger partial charge in [-0.1, -0.05) is 75.4 Å². The van der Waals surface area contributed by atoms with E-state index in [1.165, 1.54) is 51.9 Å². The van der Waals surface area contributed by atoms with E-state index in [0.717, 1.165) is 24.3 Å². The molecule has 5 heteroatoms. The average Bonchev–Trinajstić information content (AvgIpc) is 2.81. The minimum Gasteiger partial charge on any atom is -0.475 e. The number of nitrogens with two attached hydrogens (primary N) is 1. The van der Waals surface area contributed by atoms with Gasteiger partial charge >= 0.3 is 11.8 Å². The van der Waals surface area contributed by atoms with Crippen LogP contribution in [0.1, 0.15) is 83.1 Å². The first-order chi connectivity index (χ1) is 15.9. The van der Waals surface area contributed by atoms with Gasteiger partial charge in [0, 0.05) is 13.0 Å². The van der Waals surface area contributed by atoms with Crippen molar-refractivity contribution in [2.75, 3.05) is 0 Å². The highest BCUT2D eigenvalue weighted by atomic mass is 16.7. The lowest BCUT2D eigenvalue weighted by atomic mass is 9.79. The number of hydrogen-bond acceptors (Lipinski definition) is 4. The lowest BCUT2D eigenvalue weighted by molar-refractivity contribution is -0.181. The fourth-order valence-electron chi connectivity index (χ4n) is 4.65. The quantitative estimate of drug-likeness (QED) is 0.487. The minimum atomic E-state index is -1.79. The molecule has 2 aromatic carbocycles. The zero-order chi connectivity index (χ0) is 23.7. The molecule has 0 spiro atoms. The van der Waals surface area contributed by atoms with Crippen molar-refractivity contribution in [3.63, 3.8) is 0 Å². The predicted octanol–water partition coefficient (Wildman–Crippen LogP) is 6.52. The highest BCUT2D eigenvalue weighted by Gasteiger charge is 2.39. The number of carboxylic acid groups (broad SMARTS) is 1. The van der Waals surface area contributed by atoms with Crippen molar-refractivity contribution in [1.29, 1.82) is 0 Å². The summed E-state index contributed by atoms with van der Waals surface area (Å²) in [6.07, 6.45) is 11.2. The van der Waals surface area contributed by atoms with Gasteiger partial charge in [0.25, 0.3) is 0 Å². The van der Waals surface area contributed by atoms with E-state index in [9.17, 15) is 9.90 Å². The Morgan fingerprint density at radius 2 is 1.48 bits per heavy atom. The molecule has 2 saturated carbocycles. The van der Waals surface area contributed by atoms with Crippen LogP contribution in [-0.4, -0.2) is 22.9 Å². The number of para-hydroxylation sites is 2. The van der Waals surface area contributed by atoms with Crippen LogP contribution in [-0.2, 0) is 4.79 Å². The topological polar surface area (TPSA) is 81.8 Å². The summed E-state index contributed by atoms with van der Waals surface area (Å²) in [6.45, 7) is 3.73. The van der Waals surface area contributed by atoms with Crippen LogP contribution in [0.5, 0.6) is 11.5 Å². The second kappa shape index (κ2) is 12.1. The summed E-state index contributed by atoms with van der Waals surface area (Å²) in [5, 5.41) is 9.74. The zero-order valence-corrected chi connectivity index (χ0v) is 20.0. The normalized spacial score (nSPS) is 22.9. The molecular weight excluding hydrogens is 414 g/mol. The summed E-state index contributed by atoms with van der Waals surface area (Å²) in [6, 6.07) is 17.2. The second-order valence-corrected chi connectivity index (χ2v) is 9.66. The molecule has 0 aromatic heterocycles. The van der Waals surface area contributed by atoms with Gasteiger partial charge in [-0.15, -0.1) is 0 Å². The molecule has 0 saturated heterocycles. The van der Waals surface area contributed by atoms with E-state index in [-0.39, 0.29) is 0 Å². The zero-order valence-electron chi connectivity index (χ0n) is 20.0. The van der Waals surface area contributed by atoms with Crippen molar-refractivity contribution in [3.8, 4) is 11.5 Å². The van der Waals surface area contributed by atoms with Crippen LogP contribution < -0.4 is 15.2 Å². The second-order valence-electron chi connectivity index (χ2n) is 9.66. The minimum absolute atomic E-state index is 0.400. The fourth-order valence-corrected chi connectivity index (χ4v) is 4.65. The van der Waals surface area contributed by atoms with Gasteiger partial charge < -0.3 is 20.3 Å². The first kappa shape index (κ1) is 25.1. The highest BCUT2D eigenvalue weighted by molar-refractivity contribution is 5.76. The van der Waals surface area contributed by atoms with E-state index in [2.05, 4.69) is 6.92 Å². The molecule has 3 N–H and O–H groups in total. The molecule has 2 fully saturated rings. The first-order valence-corrected chi connectivity index (χ1v) is 12.4. The van der Waals surface area contributed by atoms with Gasteiger partial charge in [0.15, 0.2) is 0 Å². The highest BCUT2D eigenvalue weighted by Crippen LogP contribution is 2.40. The first-order valence-electron chi connectivity index (χ1n) is 12.4. The molecule has 5 nitrogen and oxygen atoms in total. The van der Waals surface area contributed by atoms with Gasteiger partial charge in [-0.3, -0.25) is 0 Å². The van der Waals surface area contributed by atoms with E-state index < -0.39 is 11.8 Å². The third kappa shape index (κ3) is 7.50. The van der Waals surface area contributed by atoms with E-state index in [1.807, 2.05) is 30.3 Å². The lowest BCUT2D eigenvalue weighted by Crippen LogP contribution is -2.47. The Hall–Kier alpha value is -2.53. The van der Waals surface area contributed by atoms with E-state index >= 15 is 0 Å². The average molecular weight is 454 g/mol. The number of ether oxygens (including phenoxy) is 2. The molecule has 0 amide bonds. The van der Waals surface area contributed by atoms with Crippen LogP contribution in [0.15, 0.2) is 54.6 Å². The summed E-state index contributed by atoms with van der Waals surface area (Å²) < 4.78 is 11.7. The molecule has 33 heavy (non-hydrogen) atoms. The smallest absolute Gasteiger partial charge is 0.390 e. The Kier molecular flexibility index (Phi) is 9.19. The lowest BCUT2D eigenvalue weighted by Gasteiger charge is -2.31. The summed E-state index contributed by atoms with van der Waals surface area (Å²) in [5.41, 5.74) is 6.71. The van der Waals surface area contributed by atoms with E-state index in [0.29, 0.717) is 23.5 Å². The third-order valence-electron chi connectivity index (χ3n) is 6.77. The van der Waals surface area contributed by atoms with Crippen LogP contribution in [0.2, 0.25) is 0 Å². The largest absolute Gasteiger partial charge is 0.475 e. The number of rotatable bonds is 6. The van der Waals surface area contributed by atoms with Crippen LogP contribution in [0.3, 0.4) is 0 Å². The molecule has 2 aliphatic carbocycles. The van der Waals surface area contributed by atoms with Crippen molar-refractivity contribution in [2.24, 2.45) is 11.7 Å². The van der Waals surface area contributed by atoms with Gasteiger partial charge in [0.05, 0.1) is 0 Å². The van der Waals surface area contributed by atoms with E-state index in [4.69, 9.17) is 15.2 Å². The van der Waals surface area contributed by atoms with Gasteiger partial charge in [-0.2, -0.15) is 0 Å². The molecule has 0 aliphatic heterocycles. The molecule has 4 rings (SSSR count). The van der Waals surface area contributed by atoms with Crippen molar-refractivity contribution in [3.05, 3.63) is 60.2 Å². The standard InChI is InChI=1S/C22H26O4.C6H13N/c1-16-12-14-17(15-13-16)19-10-6-7-11-20(19)26-22(2,21(23)24)25-18-8-4-3-5-9-18;7-6-4-2-1-3-5-6/h3-11,16-17H,12-15H2,1-2H3,(H,23,24);6H,1-5,7H2. The maximum Gasteiger partial charge on any atom is 0.390 e. The van der Waals surface area contributed by atoms with Gasteiger partial charge in [0.2, 0.25) is 0 Å². The van der Waals surface area contributed by atoms with Crippen LogP contribution in [0.25, 0.3) is 0 Å². The Labute approximate surface area is 198 Å². The molecule has 2 aliphatic rings. The van der Waals surface area contributed by atoms with Crippen molar-refractivity contribution in [2.45, 2.75) is 89.4 Å².